The lowest BCUT2D eigenvalue weighted by Crippen LogP contribution is -2.61. The van der Waals surface area contributed by atoms with Crippen LogP contribution in [-0.4, -0.2) is 95.4 Å². The lowest BCUT2D eigenvalue weighted by Gasteiger charge is -2.41. The van der Waals surface area contributed by atoms with Crippen molar-refractivity contribution in [2.24, 2.45) is 0 Å². The number of hydrogen-bond donors (Lipinski definition) is 6. The quantitative estimate of drug-likeness (QED) is 0.0193. The number of allylic oxidation sites excluding steroid dienone is 1. The van der Waals surface area contributed by atoms with Crippen LogP contribution in [0, 0.1) is 0 Å². The van der Waals surface area contributed by atoms with E-state index in [1.165, 1.54) is 218 Å². The molecule has 1 heterocycles. The summed E-state index contributed by atoms with van der Waals surface area (Å²) in [5, 5.41) is 44.9. The Kier molecular flexibility index (Phi) is 44.5. The average Bonchev–Trinajstić information content (AvgIpc) is 3.32. The summed E-state index contributed by atoms with van der Waals surface area (Å²) < 4.78 is 47.8. The van der Waals surface area contributed by atoms with Gasteiger partial charge in [0.15, 0.2) is 6.29 Å². The first kappa shape index (κ1) is 65.9. The van der Waals surface area contributed by atoms with Gasteiger partial charge in [-0.2, -0.15) is 8.42 Å². The molecule has 0 aromatic heterocycles. The fourth-order valence-corrected chi connectivity index (χ4v) is 10.1. The molecule has 410 valence electrons. The Bertz CT molecular complexity index is 1270. The molecule has 1 rings (SSSR count). The molecular weight excluding hydrogens is 895 g/mol. The van der Waals surface area contributed by atoms with Gasteiger partial charge in [0.2, 0.25) is 5.91 Å². The predicted molar refractivity (Wildman–Crippen MR) is 282 cm³/mol. The summed E-state index contributed by atoms with van der Waals surface area (Å²) in [6, 6.07) is -0.939. The number of aliphatic hydroxyl groups excluding tert-OH is 4. The number of amides is 1. The van der Waals surface area contributed by atoms with Crippen molar-refractivity contribution >= 4 is 16.3 Å². The van der Waals surface area contributed by atoms with Crippen molar-refractivity contribution in [3.8, 4) is 0 Å². The van der Waals surface area contributed by atoms with E-state index in [1.54, 1.807) is 6.08 Å². The lowest BCUT2D eigenvalue weighted by atomic mass is 9.99. The van der Waals surface area contributed by atoms with E-state index in [4.69, 9.17) is 9.47 Å². The Hall–Kier alpha value is -1.16. The highest BCUT2D eigenvalue weighted by Crippen LogP contribution is 2.26. The second-order valence-electron chi connectivity index (χ2n) is 20.6. The van der Waals surface area contributed by atoms with Crippen LogP contribution in [0.5, 0.6) is 0 Å². The molecule has 0 spiro atoms. The van der Waals surface area contributed by atoms with Crippen molar-refractivity contribution in [3.05, 3.63) is 12.2 Å². The molecule has 1 aliphatic heterocycles. The van der Waals surface area contributed by atoms with Gasteiger partial charge in [-0.15, -0.1) is 0 Å². The predicted octanol–water partition coefficient (Wildman–Crippen LogP) is 13.5. The smallest absolute Gasteiger partial charge is 0.394 e. The number of carbonyl (C=O) groups excluding carboxylic acids is 1. The highest BCUT2D eigenvalue weighted by molar-refractivity contribution is 7.80. The Morgan fingerprint density at radius 3 is 1.26 bits per heavy atom. The van der Waals surface area contributed by atoms with Gasteiger partial charge in [-0.25, -0.2) is 4.18 Å². The van der Waals surface area contributed by atoms with E-state index in [-0.39, 0.29) is 18.9 Å². The van der Waals surface area contributed by atoms with Crippen LogP contribution in [0.3, 0.4) is 0 Å². The molecular formula is C56H109NO11S. The molecule has 0 aliphatic carbocycles. The van der Waals surface area contributed by atoms with Crippen molar-refractivity contribution in [3.63, 3.8) is 0 Å². The molecule has 0 bridgehead atoms. The lowest BCUT2D eigenvalue weighted by molar-refractivity contribution is -0.298. The number of aliphatic hydroxyl groups is 4. The Balaban J connectivity index is 2.26. The van der Waals surface area contributed by atoms with Crippen molar-refractivity contribution in [1.29, 1.82) is 0 Å². The number of hydrogen-bond acceptors (Lipinski definition) is 10. The first-order chi connectivity index (χ1) is 33.5. The summed E-state index contributed by atoms with van der Waals surface area (Å²) in [5.41, 5.74) is 0. The second-order valence-corrected chi connectivity index (χ2v) is 21.6. The summed E-state index contributed by atoms with van der Waals surface area (Å²) in [6.07, 6.45) is 47.1. The van der Waals surface area contributed by atoms with E-state index in [2.05, 4.69) is 23.3 Å². The zero-order chi connectivity index (χ0) is 50.5. The minimum Gasteiger partial charge on any atom is -0.394 e. The van der Waals surface area contributed by atoms with E-state index in [0.717, 1.165) is 38.5 Å². The van der Waals surface area contributed by atoms with Crippen molar-refractivity contribution in [2.45, 2.75) is 326 Å². The summed E-state index contributed by atoms with van der Waals surface area (Å²) in [5.74, 6) is -0.257. The molecule has 12 nitrogen and oxygen atoms in total. The SMILES string of the molecule is CCCCCCCCCCCCC/C=C/C(O)C(COC1OC(CO)C(O)C(OS(=O)(=O)O)C1O)NC(=O)CCCCCCCCCCCCCCCCCCCCCCCCCCCCCCC. The Labute approximate surface area is 423 Å². The van der Waals surface area contributed by atoms with Gasteiger partial charge in [0.05, 0.1) is 25.4 Å². The molecule has 13 heteroatoms. The average molecular weight is 1000 g/mol. The second kappa shape index (κ2) is 46.6. The van der Waals surface area contributed by atoms with E-state index in [1.807, 2.05) is 6.08 Å². The molecule has 0 radical (unpaired) electrons. The van der Waals surface area contributed by atoms with E-state index < -0.39 is 59.9 Å². The van der Waals surface area contributed by atoms with Gasteiger partial charge < -0.3 is 35.2 Å². The van der Waals surface area contributed by atoms with Gasteiger partial charge >= 0.3 is 10.4 Å². The van der Waals surface area contributed by atoms with Crippen LogP contribution in [0.2, 0.25) is 0 Å². The topological polar surface area (TPSA) is 192 Å². The number of nitrogens with one attached hydrogen (secondary N) is 1. The van der Waals surface area contributed by atoms with Gasteiger partial charge in [0, 0.05) is 6.42 Å². The number of carbonyl (C=O) groups is 1. The number of unbranched alkanes of at least 4 members (excludes halogenated alkanes) is 39. The van der Waals surface area contributed by atoms with Gasteiger partial charge in [0.25, 0.3) is 0 Å². The van der Waals surface area contributed by atoms with Crippen molar-refractivity contribution in [2.75, 3.05) is 13.2 Å². The van der Waals surface area contributed by atoms with Crippen molar-refractivity contribution < 1.29 is 51.8 Å². The monoisotopic (exact) mass is 1000 g/mol. The molecule has 0 aromatic rings. The van der Waals surface area contributed by atoms with Crippen molar-refractivity contribution in [1.82, 2.24) is 5.32 Å². The fourth-order valence-electron chi connectivity index (χ4n) is 9.58. The van der Waals surface area contributed by atoms with E-state index in [0.29, 0.717) is 6.42 Å². The summed E-state index contributed by atoms with van der Waals surface area (Å²) in [6.45, 7) is 3.42. The molecule has 7 unspecified atom stereocenters. The van der Waals surface area contributed by atoms with E-state index in [9.17, 15) is 38.2 Å². The molecule has 0 saturated carbocycles. The molecule has 1 saturated heterocycles. The maximum Gasteiger partial charge on any atom is 0.397 e. The van der Waals surface area contributed by atoms with Crippen LogP contribution in [0.15, 0.2) is 12.2 Å². The molecule has 69 heavy (non-hydrogen) atoms. The van der Waals surface area contributed by atoms with Crippen LogP contribution in [0.4, 0.5) is 0 Å². The molecule has 0 aromatic carbocycles. The zero-order valence-electron chi connectivity index (χ0n) is 44.4. The summed E-state index contributed by atoms with van der Waals surface area (Å²) in [4.78, 5) is 13.1. The standard InChI is InChI=1S/C56H109NO11S/c1-3-5-7-9-11-13-15-17-18-19-20-21-22-23-24-25-26-27-28-29-30-31-32-34-36-38-40-42-44-46-52(60)57-49(50(59)45-43-41-39-37-35-33-16-14-12-10-8-6-4-2)48-66-56-54(62)55(68-69(63,64)65)53(61)51(47-58)67-56/h43,45,49-51,53-56,58-59,61-62H,3-42,44,46-48H2,1-2H3,(H,57,60)(H,63,64,65)/b45-43+. The van der Waals surface area contributed by atoms with Crippen LogP contribution in [-0.2, 0) is 28.9 Å². The minimum atomic E-state index is -5.08. The van der Waals surface area contributed by atoms with Gasteiger partial charge in [0.1, 0.15) is 24.4 Å². The van der Waals surface area contributed by atoms with Crippen LogP contribution >= 0.6 is 0 Å². The highest BCUT2D eigenvalue weighted by Gasteiger charge is 2.48. The van der Waals surface area contributed by atoms with Gasteiger partial charge in [-0.3, -0.25) is 9.35 Å². The van der Waals surface area contributed by atoms with E-state index >= 15 is 0 Å². The Morgan fingerprint density at radius 1 is 0.565 bits per heavy atom. The maximum absolute atomic E-state index is 13.1. The first-order valence-corrected chi connectivity index (χ1v) is 30.4. The largest absolute Gasteiger partial charge is 0.397 e. The molecule has 1 fully saturated rings. The highest BCUT2D eigenvalue weighted by atomic mass is 32.3. The normalized spacial score (nSPS) is 19.7. The molecule has 6 N–H and O–H groups in total. The minimum absolute atomic E-state index is 0.257. The van der Waals surface area contributed by atoms with Crippen LogP contribution < -0.4 is 5.32 Å². The van der Waals surface area contributed by atoms with Gasteiger partial charge in [-0.05, 0) is 19.3 Å². The first-order valence-electron chi connectivity index (χ1n) is 29.1. The van der Waals surface area contributed by atoms with Crippen LogP contribution in [0.1, 0.15) is 284 Å². The van der Waals surface area contributed by atoms with Crippen LogP contribution in [0.25, 0.3) is 0 Å². The summed E-state index contributed by atoms with van der Waals surface area (Å²) in [7, 11) is -5.08. The third kappa shape index (κ3) is 39.0. The summed E-state index contributed by atoms with van der Waals surface area (Å²) >= 11 is 0. The van der Waals surface area contributed by atoms with Gasteiger partial charge in [-0.1, -0.05) is 270 Å². The number of rotatable bonds is 51. The Morgan fingerprint density at radius 2 is 0.913 bits per heavy atom. The molecule has 7 atom stereocenters. The molecule has 1 amide bonds. The maximum atomic E-state index is 13.1. The molecule has 1 aliphatic rings. The fraction of sp³-hybridized carbons (Fsp3) is 0.946. The third-order valence-corrected chi connectivity index (χ3v) is 14.5. The third-order valence-electron chi connectivity index (χ3n) is 14.1. The number of ether oxygens (including phenoxy) is 2. The zero-order valence-corrected chi connectivity index (χ0v) is 45.2.